The maximum Gasteiger partial charge on any atom is 0.138 e. The highest BCUT2D eigenvalue weighted by Crippen LogP contribution is 2.55. The Morgan fingerprint density at radius 3 is 2.79 bits per heavy atom. The first kappa shape index (κ1) is 12.6. The van der Waals surface area contributed by atoms with Crippen LogP contribution in [0.3, 0.4) is 0 Å². The lowest BCUT2D eigenvalue weighted by Gasteiger charge is -2.38. The van der Waals surface area contributed by atoms with E-state index >= 15 is 0 Å². The van der Waals surface area contributed by atoms with Crippen molar-refractivity contribution in [2.75, 3.05) is 0 Å². The summed E-state index contributed by atoms with van der Waals surface area (Å²) in [5, 5.41) is 6.63. The van der Waals surface area contributed by atoms with Crippen molar-refractivity contribution in [1.29, 1.82) is 0 Å². The van der Waals surface area contributed by atoms with Gasteiger partial charge in [0.2, 0.25) is 0 Å². The topological polar surface area (TPSA) is 75.9 Å². The molecular weight excluding hydrogens is 244 g/mol. The smallest absolute Gasteiger partial charge is 0.138 e. The fourth-order valence-corrected chi connectivity index (χ4v) is 4.36. The number of rotatable bonds is 3. The van der Waals surface area contributed by atoms with Crippen LogP contribution in [0, 0.1) is 27.6 Å². The third-order valence-electron chi connectivity index (χ3n) is 5.25. The fourth-order valence-electron chi connectivity index (χ4n) is 4.36. The summed E-state index contributed by atoms with van der Waals surface area (Å²) in [6.45, 7) is 0. The van der Waals surface area contributed by atoms with Crippen molar-refractivity contribution in [1.82, 2.24) is 0 Å². The molecule has 3 aliphatic rings. The predicted octanol–water partition coefficient (Wildman–Crippen LogP) is 2.98. The highest BCUT2D eigenvalue weighted by Gasteiger charge is 2.62. The van der Waals surface area contributed by atoms with Crippen molar-refractivity contribution in [3.05, 3.63) is 22.0 Å². The van der Waals surface area contributed by atoms with E-state index < -0.39 is 11.6 Å². The van der Waals surface area contributed by atoms with Gasteiger partial charge in [0.05, 0.1) is 0 Å². The number of hydrogen-bond acceptors (Lipinski definition) is 5. The van der Waals surface area contributed by atoms with Crippen LogP contribution >= 0.6 is 0 Å². The van der Waals surface area contributed by atoms with E-state index in [0.29, 0.717) is 12.8 Å². The van der Waals surface area contributed by atoms with Gasteiger partial charge in [-0.3, -0.25) is 4.79 Å². The van der Waals surface area contributed by atoms with E-state index in [1.807, 2.05) is 12.2 Å². The number of hydrogen-bond donors (Lipinski definition) is 0. The number of ketones is 1. The maximum atomic E-state index is 11.8. The molecule has 0 unspecified atom stereocenters. The van der Waals surface area contributed by atoms with E-state index in [4.69, 9.17) is 0 Å². The molecule has 0 aliphatic heterocycles. The predicted molar refractivity (Wildman–Crippen MR) is 70.4 cm³/mol. The Balaban J connectivity index is 1.98. The average Bonchev–Trinajstić information content (AvgIpc) is 2.93. The highest BCUT2D eigenvalue weighted by molar-refractivity contribution is 5.79. The number of nitroso groups, excluding NO2 is 2. The Morgan fingerprint density at radius 1 is 1.21 bits per heavy atom. The Morgan fingerprint density at radius 2 is 2.05 bits per heavy atom. The van der Waals surface area contributed by atoms with E-state index in [0.717, 1.165) is 25.7 Å². The Labute approximate surface area is 111 Å². The van der Waals surface area contributed by atoms with Gasteiger partial charge in [0.15, 0.2) is 0 Å². The van der Waals surface area contributed by atoms with E-state index in [2.05, 4.69) is 10.4 Å². The van der Waals surface area contributed by atoms with Gasteiger partial charge in [-0.05, 0) is 25.2 Å². The van der Waals surface area contributed by atoms with Crippen molar-refractivity contribution < 1.29 is 4.79 Å². The first-order valence-corrected chi connectivity index (χ1v) is 7.09. The molecule has 0 aromatic carbocycles. The lowest BCUT2D eigenvalue weighted by atomic mass is 9.69. The van der Waals surface area contributed by atoms with Crippen LogP contribution in [-0.2, 0) is 4.79 Å². The normalized spacial score (nSPS) is 45.2. The Hall–Kier alpha value is -1.39. The molecule has 3 aliphatic carbocycles. The van der Waals surface area contributed by atoms with E-state index in [9.17, 15) is 14.6 Å². The molecule has 2 fully saturated rings. The minimum Gasteiger partial charge on any atom is -0.300 e. The average molecular weight is 262 g/mol. The summed E-state index contributed by atoms with van der Waals surface area (Å²) < 4.78 is 0. The summed E-state index contributed by atoms with van der Waals surface area (Å²) in [4.78, 5) is 34.7. The molecule has 2 saturated carbocycles. The van der Waals surface area contributed by atoms with Crippen molar-refractivity contribution >= 4 is 5.78 Å². The van der Waals surface area contributed by atoms with Crippen LogP contribution in [0.15, 0.2) is 22.5 Å². The van der Waals surface area contributed by atoms with Crippen molar-refractivity contribution in [2.24, 2.45) is 28.1 Å². The van der Waals surface area contributed by atoms with Crippen LogP contribution in [0.1, 0.15) is 38.5 Å². The summed E-state index contributed by atoms with van der Waals surface area (Å²) in [6.07, 6.45) is 8.37. The SMILES string of the molecule is O=N[C@H]1[C@@H]2C=C[C@@H](C2)[C@]1(N=O)[C@@H]1CCCCC(=O)C1. The first-order valence-electron chi connectivity index (χ1n) is 7.09. The second-order valence-electron chi connectivity index (χ2n) is 6.11. The van der Waals surface area contributed by atoms with Crippen LogP contribution < -0.4 is 0 Å². The molecule has 5 heteroatoms. The molecule has 0 heterocycles. The number of fused-ring (bicyclic) bond motifs is 2. The fraction of sp³-hybridized carbons (Fsp3) is 0.786. The highest BCUT2D eigenvalue weighted by atomic mass is 16.3. The second kappa shape index (κ2) is 4.62. The quantitative estimate of drug-likeness (QED) is 0.445. The lowest BCUT2D eigenvalue weighted by Crippen LogP contribution is -2.49. The molecule has 3 rings (SSSR count). The first-order chi connectivity index (χ1) is 9.22. The van der Waals surface area contributed by atoms with Crippen LogP contribution in [-0.4, -0.2) is 17.4 Å². The van der Waals surface area contributed by atoms with Crippen molar-refractivity contribution in [3.8, 4) is 0 Å². The lowest BCUT2D eigenvalue weighted by molar-refractivity contribution is -0.120. The van der Waals surface area contributed by atoms with Gasteiger partial charge in [-0.1, -0.05) is 28.9 Å². The van der Waals surface area contributed by atoms with Gasteiger partial charge in [0, 0.05) is 24.7 Å². The largest absolute Gasteiger partial charge is 0.300 e. The summed E-state index contributed by atoms with van der Waals surface area (Å²) in [5.41, 5.74) is -0.957. The molecule has 0 radical (unpaired) electrons. The van der Waals surface area contributed by atoms with Gasteiger partial charge in [-0.15, -0.1) is 0 Å². The molecule has 19 heavy (non-hydrogen) atoms. The molecule has 0 amide bonds. The van der Waals surface area contributed by atoms with E-state index in [1.54, 1.807) is 0 Å². The number of nitrogens with zero attached hydrogens (tertiary/aromatic N) is 2. The summed E-state index contributed by atoms with van der Waals surface area (Å²) >= 11 is 0. The Kier molecular flexibility index (Phi) is 3.07. The molecular formula is C14H18N2O3. The summed E-state index contributed by atoms with van der Waals surface area (Å²) in [7, 11) is 0. The minimum absolute atomic E-state index is 0.00593. The zero-order valence-electron chi connectivity index (χ0n) is 10.8. The van der Waals surface area contributed by atoms with Gasteiger partial charge in [-0.2, -0.15) is 9.81 Å². The zero-order valence-corrected chi connectivity index (χ0v) is 10.8. The van der Waals surface area contributed by atoms with Crippen LogP contribution in [0.4, 0.5) is 0 Å². The van der Waals surface area contributed by atoms with Gasteiger partial charge in [0.25, 0.3) is 0 Å². The number of carbonyl (C=O) groups is 1. The molecule has 0 aromatic rings. The second-order valence-corrected chi connectivity index (χ2v) is 6.11. The molecule has 0 spiro atoms. The molecule has 5 atom stereocenters. The maximum absolute atomic E-state index is 11.8. The van der Waals surface area contributed by atoms with Gasteiger partial charge >= 0.3 is 0 Å². The van der Waals surface area contributed by atoms with Gasteiger partial charge in [-0.25, -0.2) is 0 Å². The summed E-state index contributed by atoms with van der Waals surface area (Å²) in [5.74, 6) is 0.122. The van der Waals surface area contributed by atoms with Crippen LogP contribution in [0.25, 0.3) is 0 Å². The molecule has 102 valence electrons. The van der Waals surface area contributed by atoms with Crippen LogP contribution in [0.5, 0.6) is 0 Å². The standard InChI is InChI=1S/C14H18N2O3/c17-12-4-2-1-3-10(8-12)14(16-19)11-6-5-9(7-11)13(14)15-18/h5-6,9-11,13H,1-4,7-8H2/t9-,10-,11+,13+,14-/m1/s1. The molecule has 0 saturated heterocycles. The van der Waals surface area contributed by atoms with Crippen molar-refractivity contribution in [2.45, 2.75) is 50.1 Å². The zero-order chi connectivity index (χ0) is 13.5. The van der Waals surface area contributed by atoms with E-state index in [1.165, 1.54) is 0 Å². The molecule has 0 aromatic heterocycles. The van der Waals surface area contributed by atoms with Gasteiger partial charge in [0.1, 0.15) is 17.4 Å². The third-order valence-corrected chi connectivity index (χ3v) is 5.25. The Bertz CT molecular complexity index is 448. The van der Waals surface area contributed by atoms with E-state index in [-0.39, 0.29) is 23.5 Å². The number of Topliss-reactive ketones (excluding diaryl/α,β-unsaturated/α-hetero) is 1. The molecule has 2 bridgehead atoms. The minimum atomic E-state index is -0.957. The molecule has 5 nitrogen and oxygen atoms in total. The van der Waals surface area contributed by atoms with Gasteiger partial charge < -0.3 is 0 Å². The van der Waals surface area contributed by atoms with Crippen molar-refractivity contribution in [3.63, 3.8) is 0 Å². The monoisotopic (exact) mass is 262 g/mol. The summed E-state index contributed by atoms with van der Waals surface area (Å²) in [6, 6.07) is -0.573. The van der Waals surface area contributed by atoms with Crippen LogP contribution in [0.2, 0.25) is 0 Å². The number of carbonyl (C=O) groups excluding carboxylic acids is 1. The molecule has 0 N–H and O–H groups in total. The third kappa shape index (κ3) is 1.70.